The third-order valence-electron chi connectivity index (χ3n) is 5.31. The minimum Gasteiger partial charge on any atom is -0.355 e. The quantitative estimate of drug-likeness (QED) is 0.449. The van der Waals surface area contributed by atoms with Crippen molar-refractivity contribution in [3.8, 4) is 5.69 Å². The number of aromatic nitrogens is 2. The van der Waals surface area contributed by atoms with E-state index in [9.17, 15) is 9.59 Å². The zero-order valence-corrected chi connectivity index (χ0v) is 19.2. The van der Waals surface area contributed by atoms with Crippen LogP contribution in [-0.4, -0.2) is 27.3 Å². The van der Waals surface area contributed by atoms with Crippen LogP contribution in [0.25, 0.3) is 15.9 Å². The maximum atomic E-state index is 13.7. The Bertz CT molecular complexity index is 1120. The van der Waals surface area contributed by atoms with E-state index in [-0.39, 0.29) is 16.7 Å². The van der Waals surface area contributed by atoms with Gasteiger partial charge in [0.2, 0.25) is 5.91 Å². The Labute approximate surface area is 184 Å². The Balaban J connectivity index is 1.80. The summed E-state index contributed by atoms with van der Waals surface area (Å²) in [5.74, 6) is 0.355. The molecule has 0 aliphatic heterocycles. The Morgan fingerprint density at radius 3 is 2.67 bits per heavy atom. The molecule has 0 radical (unpaired) electrons. The second-order valence-corrected chi connectivity index (χ2v) is 10.6. The van der Waals surface area contributed by atoms with Crippen LogP contribution in [0.3, 0.4) is 0 Å². The largest absolute Gasteiger partial charge is 0.355 e. The highest BCUT2D eigenvalue weighted by molar-refractivity contribution is 8.00. The molecule has 1 N–H and O–H groups in total. The number of fused-ring (bicyclic) bond motifs is 3. The summed E-state index contributed by atoms with van der Waals surface area (Å²) in [6.07, 6.45) is 4.26. The third-order valence-corrected chi connectivity index (χ3v) is 7.55. The van der Waals surface area contributed by atoms with Gasteiger partial charge in [0.1, 0.15) is 4.83 Å². The van der Waals surface area contributed by atoms with Gasteiger partial charge in [0.05, 0.1) is 16.3 Å². The monoisotopic (exact) mass is 441 g/mol. The molecule has 2 heterocycles. The van der Waals surface area contributed by atoms with E-state index >= 15 is 0 Å². The van der Waals surface area contributed by atoms with Gasteiger partial charge in [-0.05, 0) is 56.2 Å². The lowest BCUT2D eigenvalue weighted by atomic mass is 9.97. The highest BCUT2D eigenvalue weighted by Crippen LogP contribution is 2.35. The molecule has 0 saturated carbocycles. The molecule has 7 heteroatoms. The summed E-state index contributed by atoms with van der Waals surface area (Å²) in [5, 5.41) is 3.97. The van der Waals surface area contributed by atoms with Crippen LogP contribution in [0.5, 0.6) is 0 Å². The molecule has 1 atom stereocenters. The van der Waals surface area contributed by atoms with Crippen molar-refractivity contribution in [3.05, 3.63) is 51.1 Å². The van der Waals surface area contributed by atoms with Gasteiger partial charge in [-0.3, -0.25) is 14.2 Å². The summed E-state index contributed by atoms with van der Waals surface area (Å²) < 4.78 is 1.68. The fourth-order valence-corrected chi connectivity index (χ4v) is 5.98. The molecule has 1 aliphatic carbocycles. The van der Waals surface area contributed by atoms with Crippen molar-refractivity contribution in [2.75, 3.05) is 6.54 Å². The normalized spacial score (nSPS) is 14.7. The van der Waals surface area contributed by atoms with Crippen LogP contribution >= 0.6 is 23.1 Å². The molecule has 1 unspecified atom stereocenters. The van der Waals surface area contributed by atoms with Crippen molar-refractivity contribution in [2.45, 2.75) is 56.9 Å². The lowest BCUT2D eigenvalue weighted by Gasteiger charge is -2.17. The number of hydrogen-bond donors (Lipinski definition) is 1. The highest BCUT2D eigenvalue weighted by Gasteiger charge is 2.25. The van der Waals surface area contributed by atoms with Crippen LogP contribution in [0.2, 0.25) is 0 Å². The first-order valence-electron chi connectivity index (χ1n) is 10.5. The Kier molecular flexibility index (Phi) is 6.29. The van der Waals surface area contributed by atoms with E-state index in [4.69, 9.17) is 4.98 Å². The Morgan fingerprint density at radius 1 is 1.20 bits per heavy atom. The lowest BCUT2D eigenvalue weighted by Crippen LogP contribution is -2.34. The van der Waals surface area contributed by atoms with E-state index in [0.29, 0.717) is 17.6 Å². The smallest absolute Gasteiger partial charge is 0.267 e. The second-order valence-electron chi connectivity index (χ2n) is 8.16. The summed E-state index contributed by atoms with van der Waals surface area (Å²) >= 11 is 2.99. The van der Waals surface area contributed by atoms with Gasteiger partial charge in [-0.2, -0.15) is 0 Å². The van der Waals surface area contributed by atoms with Crippen LogP contribution in [-0.2, 0) is 17.6 Å². The van der Waals surface area contributed by atoms with E-state index in [1.807, 2.05) is 37.3 Å². The molecular formula is C23H27N3O2S2. The van der Waals surface area contributed by atoms with Crippen LogP contribution in [0.1, 0.15) is 44.1 Å². The number of benzene rings is 1. The summed E-state index contributed by atoms with van der Waals surface area (Å²) in [6, 6.07) is 9.61. The molecule has 1 aromatic carbocycles. The van der Waals surface area contributed by atoms with Crippen molar-refractivity contribution >= 4 is 39.2 Å². The molecule has 30 heavy (non-hydrogen) atoms. The predicted octanol–water partition coefficient (Wildman–Crippen LogP) is 4.58. The first-order valence-corrected chi connectivity index (χ1v) is 12.2. The van der Waals surface area contributed by atoms with Gasteiger partial charge in [-0.1, -0.05) is 43.8 Å². The predicted molar refractivity (Wildman–Crippen MR) is 125 cm³/mol. The number of para-hydroxylation sites is 1. The number of carbonyl (C=O) groups excluding carboxylic acids is 1. The van der Waals surface area contributed by atoms with Crippen LogP contribution in [0, 0.1) is 5.92 Å². The third kappa shape index (κ3) is 4.18. The molecule has 5 nitrogen and oxygen atoms in total. The second kappa shape index (κ2) is 8.94. The zero-order valence-electron chi connectivity index (χ0n) is 17.6. The van der Waals surface area contributed by atoms with Gasteiger partial charge in [-0.25, -0.2) is 4.98 Å². The molecular weight excluding hydrogens is 414 g/mol. The lowest BCUT2D eigenvalue weighted by molar-refractivity contribution is -0.120. The molecule has 0 saturated heterocycles. The maximum Gasteiger partial charge on any atom is 0.267 e. The number of rotatable bonds is 6. The molecule has 1 amide bonds. The van der Waals surface area contributed by atoms with Gasteiger partial charge >= 0.3 is 0 Å². The van der Waals surface area contributed by atoms with Gasteiger partial charge in [0.25, 0.3) is 5.56 Å². The van der Waals surface area contributed by atoms with Crippen molar-refractivity contribution in [1.29, 1.82) is 0 Å². The van der Waals surface area contributed by atoms with E-state index in [2.05, 4.69) is 19.2 Å². The molecule has 158 valence electrons. The molecule has 4 rings (SSSR count). The number of thioether (sulfide) groups is 1. The molecule has 2 aromatic heterocycles. The average Bonchev–Trinajstić information content (AvgIpc) is 3.11. The highest BCUT2D eigenvalue weighted by atomic mass is 32.2. The zero-order chi connectivity index (χ0) is 21.3. The van der Waals surface area contributed by atoms with Crippen molar-refractivity contribution in [3.63, 3.8) is 0 Å². The van der Waals surface area contributed by atoms with Gasteiger partial charge in [0.15, 0.2) is 5.16 Å². The first-order chi connectivity index (χ1) is 14.5. The fraction of sp³-hybridized carbons (Fsp3) is 0.435. The van der Waals surface area contributed by atoms with Crippen LogP contribution in [0.4, 0.5) is 0 Å². The van der Waals surface area contributed by atoms with Gasteiger partial charge in [0, 0.05) is 11.4 Å². The van der Waals surface area contributed by atoms with E-state index < -0.39 is 0 Å². The topological polar surface area (TPSA) is 64.0 Å². The number of carbonyl (C=O) groups is 1. The molecule has 3 aromatic rings. The molecule has 0 fully saturated rings. The minimum absolute atomic E-state index is 0.0251. The van der Waals surface area contributed by atoms with E-state index in [1.165, 1.54) is 28.6 Å². The fourth-order valence-electron chi connectivity index (χ4n) is 3.73. The number of thiophene rings is 1. The molecule has 1 aliphatic rings. The van der Waals surface area contributed by atoms with Crippen LogP contribution < -0.4 is 10.9 Å². The number of nitrogens with one attached hydrogen (secondary N) is 1. The minimum atomic E-state index is -0.349. The maximum absolute atomic E-state index is 13.7. The first kappa shape index (κ1) is 21.1. The number of nitrogens with zero attached hydrogens (tertiary/aromatic N) is 2. The standard InChI is InChI=1S/C23H27N3O2S2/c1-14(2)13-24-20(27)15(3)29-23-25-21-19(17-11-7-8-12-18(17)30-21)22(28)26(23)16-9-5-4-6-10-16/h4-6,9-10,14-15H,7-8,11-13H2,1-3H3,(H,24,27). The number of amides is 1. The van der Waals surface area contributed by atoms with Gasteiger partial charge < -0.3 is 5.32 Å². The van der Waals surface area contributed by atoms with Crippen molar-refractivity contribution in [1.82, 2.24) is 14.9 Å². The summed E-state index contributed by atoms with van der Waals surface area (Å²) in [6.45, 7) is 6.64. The van der Waals surface area contributed by atoms with Crippen molar-refractivity contribution in [2.24, 2.45) is 5.92 Å². The average molecular weight is 442 g/mol. The summed E-state index contributed by atoms with van der Waals surface area (Å²) in [4.78, 5) is 33.2. The SMILES string of the molecule is CC(C)CNC(=O)C(C)Sc1nc2sc3c(c2c(=O)n1-c1ccccc1)CCCC3. The Morgan fingerprint density at radius 2 is 1.93 bits per heavy atom. The summed E-state index contributed by atoms with van der Waals surface area (Å²) in [7, 11) is 0. The number of aryl methyl sites for hydroxylation is 2. The van der Waals surface area contributed by atoms with E-state index in [0.717, 1.165) is 35.2 Å². The Hall–Kier alpha value is -2.12. The molecule has 0 bridgehead atoms. The van der Waals surface area contributed by atoms with Crippen LogP contribution in [0.15, 0.2) is 40.3 Å². The van der Waals surface area contributed by atoms with Crippen molar-refractivity contribution < 1.29 is 4.79 Å². The molecule has 0 spiro atoms. The van der Waals surface area contributed by atoms with E-state index in [1.54, 1.807) is 15.9 Å². The summed E-state index contributed by atoms with van der Waals surface area (Å²) in [5.41, 5.74) is 1.94. The number of hydrogen-bond acceptors (Lipinski definition) is 5. The van der Waals surface area contributed by atoms with Gasteiger partial charge in [-0.15, -0.1) is 11.3 Å².